The molecule has 1 aromatic heterocycles. The molecule has 2 rings (SSSR count). The molecule has 0 saturated heterocycles. The van der Waals surface area contributed by atoms with Gasteiger partial charge in [0, 0.05) is 28.8 Å². The minimum absolute atomic E-state index is 0.255. The number of nitrogens with one attached hydrogen (secondary N) is 1. The van der Waals surface area contributed by atoms with Crippen molar-refractivity contribution in [3.8, 4) is 0 Å². The van der Waals surface area contributed by atoms with Gasteiger partial charge in [0.05, 0.1) is 12.1 Å². The number of halogens is 1. The Hall–Kier alpha value is -1.36. The zero-order valence-electron chi connectivity index (χ0n) is 10.0. The summed E-state index contributed by atoms with van der Waals surface area (Å²) >= 11 is 5.91. The van der Waals surface area contributed by atoms with Gasteiger partial charge in [-0.1, -0.05) is 11.6 Å². The summed E-state index contributed by atoms with van der Waals surface area (Å²) in [5.74, 6) is 0. The third kappa shape index (κ3) is 2.90. The Kier molecular flexibility index (Phi) is 3.71. The molecule has 0 amide bonds. The fourth-order valence-electron chi connectivity index (χ4n) is 1.62. The molecule has 0 spiro atoms. The summed E-state index contributed by atoms with van der Waals surface area (Å²) in [4.78, 5) is 4.23. The molecule has 2 aromatic rings. The Labute approximate surface area is 110 Å². The van der Waals surface area contributed by atoms with E-state index in [9.17, 15) is 5.11 Å². The van der Waals surface area contributed by atoms with Crippen LogP contribution in [-0.4, -0.2) is 33.9 Å². The van der Waals surface area contributed by atoms with Crippen molar-refractivity contribution >= 4 is 28.2 Å². The molecule has 0 aliphatic rings. The molecule has 1 unspecified atom stereocenters. The molecule has 5 heteroatoms. The van der Waals surface area contributed by atoms with Crippen molar-refractivity contribution in [2.75, 3.05) is 18.5 Å². The zero-order valence-corrected chi connectivity index (χ0v) is 10.8. The van der Waals surface area contributed by atoms with Crippen molar-refractivity contribution in [1.29, 1.82) is 0 Å². The first-order chi connectivity index (χ1) is 8.52. The highest BCUT2D eigenvalue weighted by molar-refractivity contribution is 6.31. The van der Waals surface area contributed by atoms with Crippen LogP contribution in [0.1, 0.15) is 6.92 Å². The average molecular weight is 267 g/mol. The molecule has 0 aliphatic carbocycles. The second-order valence-corrected chi connectivity index (χ2v) is 4.97. The number of rotatable bonds is 4. The van der Waals surface area contributed by atoms with E-state index >= 15 is 0 Å². The van der Waals surface area contributed by atoms with Crippen molar-refractivity contribution in [2.24, 2.45) is 0 Å². The molecule has 3 N–H and O–H groups in total. The molecule has 0 saturated carbocycles. The van der Waals surface area contributed by atoms with Gasteiger partial charge in [0.25, 0.3) is 0 Å². The number of anilines is 1. The van der Waals surface area contributed by atoms with E-state index in [0.717, 1.165) is 16.6 Å². The fourth-order valence-corrected chi connectivity index (χ4v) is 1.78. The lowest BCUT2D eigenvalue weighted by molar-refractivity contribution is 0.0132. The Morgan fingerprint density at radius 3 is 2.89 bits per heavy atom. The van der Waals surface area contributed by atoms with E-state index < -0.39 is 5.60 Å². The first kappa shape index (κ1) is 13.1. The van der Waals surface area contributed by atoms with Crippen molar-refractivity contribution < 1.29 is 10.2 Å². The summed E-state index contributed by atoms with van der Waals surface area (Å²) in [6.07, 6.45) is 1.68. The summed E-state index contributed by atoms with van der Waals surface area (Å²) < 4.78 is 0. The molecular weight excluding hydrogens is 252 g/mol. The summed E-state index contributed by atoms with van der Waals surface area (Å²) in [7, 11) is 0. The van der Waals surface area contributed by atoms with E-state index in [1.54, 1.807) is 25.3 Å². The van der Waals surface area contributed by atoms with E-state index in [2.05, 4.69) is 10.3 Å². The molecule has 0 bridgehead atoms. The molecule has 96 valence electrons. The van der Waals surface area contributed by atoms with Crippen LogP contribution in [-0.2, 0) is 0 Å². The van der Waals surface area contributed by atoms with Crippen LogP contribution in [0.4, 0.5) is 5.69 Å². The van der Waals surface area contributed by atoms with Gasteiger partial charge < -0.3 is 15.5 Å². The highest BCUT2D eigenvalue weighted by Crippen LogP contribution is 2.24. The molecule has 0 fully saturated rings. The van der Waals surface area contributed by atoms with E-state index in [1.807, 2.05) is 12.1 Å². The van der Waals surface area contributed by atoms with Gasteiger partial charge in [0.15, 0.2) is 0 Å². The maximum Gasteiger partial charge on any atom is 0.102 e. The van der Waals surface area contributed by atoms with Gasteiger partial charge in [-0.05, 0) is 31.2 Å². The Morgan fingerprint density at radius 1 is 1.39 bits per heavy atom. The van der Waals surface area contributed by atoms with Crippen molar-refractivity contribution in [2.45, 2.75) is 12.5 Å². The Bertz CT molecular complexity index is 558. The number of pyridine rings is 1. The number of hydrogen-bond donors (Lipinski definition) is 3. The molecule has 1 atom stereocenters. The lowest BCUT2D eigenvalue weighted by atomic mass is 10.1. The van der Waals surface area contributed by atoms with E-state index in [0.29, 0.717) is 5.02 Å². The average Bonchev–Trinajstić information content (AvgIpc) is 2.36. The van der Waals surface area contributed by atoms with E-state index in [-0.39, 0.29) is 13.2 Å². The summed E-state index contributed by atoms with van der Waals surface area (Å²) in [6, 6.07) is 7.28. The standard InChI is InChI=1S/C13H15ClN2O2/c1-13(18,8-17)7-16-11-4-5-15-12-6-9(14)2-3-10(11)12/h2-6,17-18H,7-8H2,1H3,(H,15,16). The van der Waals surface area contributed by atoms with Crippen molar-refractivity contribution in [3.05, 3.63) is 35.5 Å². The highest BCUT2D eigenvalue weighted by atomic mass is 35.5. The maximum absolute atomic E-state index is 9.75. The van der Waals surface area contributed by atoms with Gasteiger partial charge >= 0.3 is 0 Å². The second kappa shape index (κ2) is 5.10. The topological polar surface area (TPSA) is 65.4 Å². The minimum atomic E-state index is -1.15. The lowest BCUT2D eigenvalue weighted by Gasteiger charge is -2.21. The van der Waals surface area contributed by atoms with Crippen LogP contribution in [0.15, 0.2) is 30.5 Å². The third-order valence-corrected chi connectivity index (χ3v) is 2.94. The molecule has 4 nitrogen and oxygen atoms in total. The second-order valence-electron chi connectivity index (χ2n) is 4.53. The Balaban J connectivity index is 2.29. The number of aromatic nitrogens is 1. The zero-order chi connectivity index (χ0) is 13.2. The third-order valence-electron chi connectivity index (χ3n) is 2.71. The van der Waals surface area contributed by atoms with E-state index in [1.165, 1.54) is 0 Å². The highest BCUT2D eigenvalue weighted by Gasteiger charge is 2.18. The largest absolute Gasteiger partial charge is 0.393 e. The summed E-state index contributed by atoms with van der Waals surface area (Å²) in [5, 5.41) is 23.4. The van der Waals surface area contributed by atoms with Crippen LogP contribution in [0.25, 0.3) is 10.9 Å². The van der Waals surface area contributed by atoms with Gasteiger partial charge in [0.1, 0.15) is 5.60 Å². The van der Waals surface area contributed by atoms with Crippen LogP contribution in [0.3, 0.4) is 0 Å². The van der Waals surface area contributed by atoms with Crippen LogP contribution in [0.2, 0.25) is 5.02 Å². The van der Waals surface area contributed by atoms with Gasteiger partial charge in [0.2, 0.25) is 0 Å². The van der Waals surface area contributed by atoms with Crippen LogP contribution in [0, 0.1) is 0 Å². The van der Waals surface area contributed by atoms with Crippen molar-refractivity contribution in [3.63, 3.8) is 0 Å². The summed E-state index contributed by atoms with van der Waals surface area (Å²) in [5.41, 5.74) is 0.490. The first-order valence-corrected chi connectivity index (χ1v) is 6.01. The molecule has 0 aliphatic heterocycles. The monoisotopic (exact) mass is 266 g/mol. The van der Waals surface area contributed by atoms with Crippen LogP contribution < -0.4 is 5.32 Å². The molecule has 1 heterocycles. The summed E-state index contributed by atoms with van der Waals surface area (Å²) in [6.45, 7) is 1.53. The number of aliphatic hydroxyl groups is 2. The van der Waals surface area contributed by atoms with Crippen LogP contribution in [0.5, 0.6) is 0 Å². The smallest absolute Gasteiger partial charge is 0.102 e. The predicted octanol–water partition coefficient (Wildman–Crippen LogP) is 2.04. The maximum atomic E-state index is 9.75. The number of hydrogen-bond acceptors (Lipinski definition) is 4. The van der Waals surface area contributed by atoms with Crippen molar-refractivity contribution in [1.82, 2.24) is 4.98 Å². The molecule has 1 aromatic carbocycles. The van der Waals surface area contributed by atoms with Gasteiger partial charge in [-0.3, -0.25) is 4.98 Å². The van der Waals surface area contributed by atoms with Gasteiger partial charge in [-0.15, -0.1) is 0 Å². The lowest BCUT2D eigenvalue weighted by Crippen LogP contribution is -2.37. The number of fused-ring (bicyclic) bond motifs is 1. The normalized spacial score (nSPS) is 14.4. The number of benzene rings is 1. The first-order valence-electron chi connectivity index (χ1n) is 5.63. The molecule has 18 heavy (non-hydrogen) atoms. The Morgan fingerprint density at radius 2 is 2.17 bits per heavy atom. The van der Waals surface area contributed by atoms with E-state index in [4.69, 9.17) is 16.7 Å². The minimum Gasteiger partial charge on any atom is -0.393 e. The van der Waals surface area contributed by atoms with Gasteiger partial charge in [-0.2, -0.15) is 0 Å². The quantitative estimate of drug-likeness (QED) is 0.792. The molecular formula is C13H15ClN2O2. The molecule has 0 radical (unpaired) electrons. The predicted molar refractivity (Wildman–Crippen MR) is 73.0 cm³/mol. The SMILES string of the molecule is CC(O)(CO)CNc1ccnc2cc(Cl)ccc12. The van der Waals surface area contributed by atoms with Gasteiger partial charge in [-0.25, -0.2) is 0 Å². The number of aliphatic hydroxyl groups excluding tert-OH is 1. The van der Waals surface area contributed by atoms with Crippen LogP contribution >= 0.6 is 11.6 Å². The fraction of sp³-hybridized carbons (Fsp3) is 0.308. The number of nitrogens with zero attached hydrogens (tertiary/aromatic N) is 1.